The molecule has 0 fully saturated rings. The molecule has 96 valence electrons. The van der Waals surface area contributed by atoms with E-state index in [1.165, 1.54) is 7.11 Å². The first-order chi connectivity index (χ1) is 8.45. The molecule has 0 radical (unpaired) electrons. The molecule has 0 aliphatic heterocycles. The predicted molar refractivity (Wildman–Crippen MR) is 64.4 cm³/mol. The summed E-state index contributed by atoms with van der Waals surface area (Å²) in [7, 11) is 3.08. The number of methoxy groups -OCH3 is 1. The van der Waals surface area contributed by atoms with Crippen LogP contribution in [0.4, 0.5) is 0 Å². The number of rotatable bonds is 2. The number of Topliss-reactive ketones (excluding diaryl/α,β-unsaturated/α-hetero) is 2. The molecule has 1 N–H and O–H groups in total. The van der Waals surface area contributed by atoms with Crippen LogP contribution in [0.25, 0.3) is 0 Å². The second kappa shape index (κ2) is 4.10. The molecule has 0 bridgehead atoms. The van der Waals surface area contributed by atoms with Crippen LogP contribution in [0, 0.1) is 6.92 Å². The van der Waals surface area contributed by atoms with Crippen LogP contribution in [0.2, 0.25) is 0 Å². The van der Waals surface area contributed by atoms with Gasteiger partial charge < -0.3 is 14.4 Å². The number of ether oxygens (including phenoxy) is 1. The highest BCUT2D eigenvalue weighted by atomic mass is 16.5. The number of hydrogen-bond acceptors (Lipinski definition) is 4. The standard InChI is InChI=1S/C13H15NO4/c1-6-11(16)10-9(12(17)13(6)18-4)8(5-15)7(2)14(10)3/h15H,5H2,1-4H3. The summed E-state index contributed by atoms with van der Waals surface area (Å²) >= 11 is 0. The van der Waals surface area contributed by atoms with Gasteiger partial charge in [0.1, 0.15) is 5.69 Å². The van der Waals surface area contributed by atoms with E-state index in [-0.39, 0.29) is 29.5 Å². The molecule has 1 aromatic heterocycles. The lowest BCUT2D eigenvalue weighted by atomic mass is 9.91. The van der Waals surface area contributed by atoms with Crippen LogP contribution in [0.3, 0.4) is 0 Å². The van der Waals surface area contributed by atoms with Crippen LogP contribution in [-0.2, 0) is 18.4 Å². The minimum absolute atomic E-state index is 0.0628. The Morgan fingerprint density at radius 3 is 2.33 bits per heavy atom. The van der Waals surface area contributed by atoms with Gasteiger partial charge in [0.2, 0.25) is 11.6 Å². The highest BCUT2D eigenvalue weighted by Gasteiger charge is 2.36. The lowest BCUT2D eigenvalue weighted by Gasteiger charge is -2.16. The van der Waals surface area contributed by atoms with Crippen molar-refractivity contribution < 1.29 is 19.4 Å². The smallest absolute Gasteiger partial charge is 0.230 e. The largest absolute Gasteiger partial charge is 0.492 e. The fourth-order valence-corrected chi connectivity index (χ4v) is 2.38. The first-order valence-electron chi connectivity index (χ1n) is 5.58. The third kappa shape index (κ3) is 1.37. The Balaban J connectivity index is 2.81. The maximum atomic E-state index is 12.3. The van der Waals surface area contributed by atoms with E-state index in [1.807, 2.05) is 0 Å². The van der Waals surface area contributed by atoms with Crippen molar-refractivity contribution in [3.05, 3.63) is 33.8 Å². The molecule has 1 heterocycles. The van der Waals surface area contributed by atoms with Crippen molar-refractivity contribution in [3.63, 3.8) is 0 Å². The molecule has 0 atom stereocenters. The molecule has 1 aromatic rings. The number of nitrogens with zero attached hydrogens (tertiary/aromatic N) is 1. The van der Waals surface area contributed by atoms with Crippen LogP contribution in [-0.4, -0.2) is 28.3 Å². The van der Waals surface area contributed by atoms with Gasteiger partial charge in [-0.15, -0.1) is 0 Å². The monoisotopic (exact) mass is 249 g/mol. The number of carbonyl (C=O) groups excluding carboxylic acids is 2. The summed E-state index contributed by atoms with van der Waals surface area (Å²) in [6, 6.07) is 0. The lowest BCUT2D eigenvalue weighted by molar-refractivity contribution is 0.0901. The second-order valence-electron chi connectivity index (χ2n) is 4.32. The molecule has 1 aliphatic rings. The topological polar surface area (TPSA) is 68.5 Å². The zero-order chi connectivity index (χ0) is 13.6. The van der Waals surface area contributed by atoms with Gasteiger partial charge in [-0.25, -0.2) is 0 Å². The Morgan fingerprint density at radius 2 is 1.83 bits per heavy atom. The van der Waals surface area contributed by atoms with Crippen LogP contribution < -0.4 is 0 Å². The fraction of sp³-hybridized carbons (Fsp3) is 0.385. The third-order valence-electron chi connectivity index (χ3n) is 3.51. The fourth-order valence-electron chi connectivity index (χ4n) is 2.38. The molecule has 2 rings (SSSR count). The molecule has 5 nitrogen and oxygen atoms in total. The van der Waals surface area contributed by atoms with Gasteiger partial charge in [-0.05, 0) is 13.8 Å². The minimum Gasteiger partial charge on any atom is -0.492 e. The van der Waals surface area contributed by atoms with Gasteiger partial charge in [0.25, 0.3) is 0 Å². The number of aliphatic hydroxyl groups is 1. The quantitative estimate of drug-likeness (QED) is 0.853. The van der Waals surface area contributed by atoms with Gasteiger partial charge in [0.15, 0.2) is 5.76 Å². The zero-order valence-electron chi connectivity index (χ0n) is 10.8. The predicted octanol–water partition coefficient (Wildman–Crippen LogP) is 1.13. The maximum Gasteiger partial charge on any atom is 0.230 e. The summed E-state index contributed by atoms with van der Waals surface area (Å²) < 4.78 is 6.66. The Labute approximate surface area is 105 Å². The summed E-state index contributed by atoms with van der Waals surface area (Å²) in [5.74, 6) is -0.503. The minimum atomic E-state index is -0.336. The Morgan fingerprint density at radius 1 is 1.22 bits per heavy atom. The van der Waals surface area contributed by atoms with Crippen molar-refractivity contribution in [3.8, 4) is 0 Å². The van der Waals surface area contributed by atoms with Gasteiger partial charge in [0.05, 0.1) is 19.3 Å². The number of fused-ring (bicyclic) bond motifs is 1. The SMILES string of the molecule is COC1=C(C)C(=O)c2c(c(CO)c(C)n2C)C1=O. The molecule has 18 heavy (non-hydrogen) atoms. The van der Waals surface area contributed by atoms with E-state index in [1.54, 1.807) is 25.5 Å². The van der Waals surface area contributed by atoms with Gasteiger partial charge in [0, 0.05) is 23.9 Å². The molecular formula is C13H15NO4. The number of allylic oxidation sites excluding steroid dienone is 2. The van der Waals surface area contributed by atoms with E-state index >= 15 is 0 Å². The Bertz CT molecular complexity index is 593. The van der Waals surface area contributed by atoms with Crippen molar-refractivity contribution >= 4 is 11.6 Å². The van der Waals surface area contributed by atoms with E-state index in [0.29, 0.717) is 22.5 Å². The highest BCUT2D eigenvalue weighted by molar-refractivity contribution is 6.26. The van der Waals surface area contributed by atoms with Crippen molar-refractivity contribution in [1.82, 2.24) is 4.57 Å². The molecule has 0 spiro atoms. The summed E-state index contributed by atoms with van der Waals surface area (Å²) in [4.78, 5) is 24.5. The van der Waals surface area contributed by atoms with Crippen LogP contribution in [0.1, 0.15) is 39.0 Å². The number of ketones is 2. The molecule has 0 saturated carbocycles. The highest BCUT2D eigenvalue weighted by Crippen LogP contribution is 2.32. The lowest BCUT2D eigenvalue weighted by Crippen LogP contribution is -2.23. The molecular weight excluding hydrogens is 234 g/mol. The number of aliphatic hydroxyl groups excluding tert-OH is 1. The molecule has 1 aliphatic carbocycles. The Hall–Kier alpha value is -1.88. The molecule has 5 heteroatoms. The summed E-state index contributed by atoms with van der Waals surface area (Å²) in [6.07, 6.45) is 0. The number of hydrogen-bond donors (Lipinski definition) is 1. The Kier molecular flexibility index (Phi) is 2.86. The molecule has 0 unspecified atom stereocenters. The summed E-state index contributed by atoms with van der Waals surface area (Å²) in [5, 5.41) is 9.38. The number of aromatic nitrogens is 1. The van der Waals surface area contributed by atoms with E-state index < -0.39 is 0 Å². The average Bonchev–Trinajstić information content (AvgIpc) is 2.60. The number of carbonyl (C=O) groups is 2. The van der Waals surface area contributed by atoms with Gasteiger partial charge in [-0.2, -0.15) is 0 Å². The third-order valence-corrected chi connectivity index (χ3v) is 3.51. The van der Waals surface area contributed by atoms with Crippen LogP contribution >= 0.6 is 0 Å². The van der Waals surface area contributed by atoms with E-state index in [4.69, 9.17) is 4.74 Å². The summed E-state index contributed by atoms with van der Waals surface area (Å²) in [5.41, 5.74) is 2.12. The first-order valence-corrected chi connectivity index (χ1v) is 5.58. The first kappa shape index (κ1) is 12.6. The normalized spacial score (nSPS) is 15.2. The van der Waals surface area contributed by atoms with Gasteiger partial charge in [-0.1, -0.05) is 0 Å². The van der Waals surface area contributed by atoms with E-state index in [0.717, 1.165) is 0 Å². The average molecular weight is 249 g/mol. The summed E-state index contributed by atoms with van der Waals surface area (Å²) in [6.45, 7) is 3.07. The van der Waals surface area contributed by atoms with Crippen molar-refractivity contribution in [2.45, 2.75) is 20.5 Å². The van der Waals surface area contributed by atoms with Crippen molar-refractivity contribution in [2.75, 3.05) is 7.11 Å². The van der Waals surface area contributed by atoms with E-state index in [2.05, 4.69) is 0 Å². The van der Waals surface area contributed by atoms with Crippen LogP contribution in [0.5, 0.6) is 0 Å². The molecule has 0 aromatic carbocycles. The zero-order valence-corrected chi connectivity index (χ0v) is 10.8. The van der Waals surface area contributed by atoms with Crippen LogP contribution in [0.15, 0.2) is 11.3 Å². The molecule has 0 saturated heterocycles. The van der Waals surface area contributed by atoms with Gasteiger partial charge >= 0.3 is 0 Å². The van der Waals surface area contributed by atoms with Crippen molar-refractivity contribution in [2.24, 2.45) is 7.05 Å². The second-order valence-corrected chi connectivity index (χ2v) is 4.32. The van der Waals surface area contributed by atoms with E-state index in [9.17, 15) is 14.7 Å². The van der Waals surface area contributed by atoms with Gasteiger partial charge in [-0.3, -0.25) is 9.59 Å². The molecule has 0 amide bonds. The maximum absolute atomic E-state index is 12.3. The van der Waals surface area contributed by atoms with Crippen molar-refractivity contribution in [1.29, 1.82) is 0 Å².